The predicted octanol–water partition coefficient (Wildman–Crippen LogP) is 3.01. The molecule has 1 aromatic carbocycles. The van der Waals surface area contributed by atoms with E-state index >= 15 is 0 Å². The fraction of sp³-hybridized carbons (Fsp3) is 0.400. The second-order valence-corrected chi connectivity index (χ2v) is 4.92. The van der Waals surface area contributed by atoms with Crippen LogP contribution in [-0.4, -0.2) is 16.4 Å². The minimum atomic E-state index is 0.251. The molecule has 0 saturated heterocycles. The van der Waals surface area contributed by atoms with Gasteiger partial charge in [0, 0.05) is 30.4 Å². The first kappa shape index (κ1) is 12.1. The molecule has 19 heavy (non-hydrogen) atoms. The van der Waals surface area contributed by atoms with E-state index < -0.39 is 0 Å². The highest BCUT2D eigenvalue weighted by atomic mass is 16.5. The van der Waals surface area contributed by atoms with Crippen molar-refractivity contribution in [1.29, 1.82) is 0 Å². The lowest BCUT2D eigenvalue weighted by Gasteiger charge is -2.14. The zero-order valence-electron chi connectivity index (χ0n) is 11.4. The predicted molar refractivity (Wildman–Crippen MR) is 75.6 cm³/mol. The van der Waals surface area contributed by atoms with E-state index in [4.69, 9.17) is 4.74 Å². The summed E-state index contributed by atoms with van der Waals surface area (Å²) >= 11 is 0. The number of aromatic nitrogens is 2. The van der Waals surface area contributed by atoms with Crippen molar-refractivity contribution < 1.29 is 4.74 Å². The minimum absolute atomic E-state index is 0.251. The average Bonchev–Trinajstić information content (AvgIpc) is 3.06. The topological polar surface area (TPSA) is 39.1 Å². The fourth-order valence-corrected chi connectivity index (χ4v) is 2.39. The zero-order chi connectivity index (χ0) is 13.2. The molecule has 1 N–H and O–H groups in total. The Morgan fingerprint density at radius 2 is 2.37 bits per heavy atom. The fourth-order valence-electron chi connectivity index (χ4n) is 2.39. The number of fused-ring (bicyclic) bond motifs is 1. The van der Waals surface area contributed by atoms with Gasteiger partial charge in [-0.05, 0) is 37.6 Å². The van der Waals surface area contributed by atoms with Gasteiger partial charge in [0.05, 0.1) is 18.8 Å². The molecule has 1 aromatic heterocycles. The number of nitrogens with one attached hydrogen (secondary N) is 1. The third-order valence-corrected chi connectivity index (χ3v) is 3.55. The molecule has 0 radical (unpaired) electrons. The number of aryl methyl sites for hydroxylation is 1. The lowest BCUT2D eigenvalue weighted by atomic mass is 10.1. The van der Waals surface area contributed by atoms with Crippen LogP contribution < -0.4 is 10.1 Å². The van der Waals surface area contributed by atoms with Gasteiger partial charge in [0.15, 0.2) is 0 Å². The standard InChI is InChI=1S/C15H19N3O/c1-3-18-10-13(9-16-18)11(2)17-14-4-5-15-12(8-14)6-7-19-15/h4-5,8-11,17H,3,6-7H2,1-2H3. The summed E-state index contributed by atoms with van der Waals surface area (Å²) < 4.78 is 7.47. The molecule has 1 aliphatic rings. The Kier molecular flexibility index (Phi) is 3.15. The molecule has 0 saturated carbocycles. The normalized spacial score (nSPS) is 14.8. The molecule has 1 aliphatic heterocycles. The molecule has 2 aromatic rings. The summed E-state index contributed by atoms with van der Waals surface area (Å²) in [6.45, 7) is 5.95. The van der Waals surface area contributed by atoms with Gasteiger partial charge < -0.3 is 10.1 Å². The molecule has 0 spiro atoms. The van der Waals surface area contributed by atoms with Crippen molar-refractivity contribution in [3.8, 4) is 5.75 Å². The maximum absolute atomic E-state index is 5.52. The number of anilines is 1. The van der Waals surface area contributed by atoms with Crippen molar-refractivity contribution in [2.75, 3.05) is 11.9 Å². The van der Waals surface area contributed by atoms with Crippen LogP contribution in [0, 0.1) is 0 Å². The number of benzene rings is 1. The quantitative estimate of drug-likeness (QED) is 0.915. The van der Waals surface area contributed by atoms with Crippen LogP contribution in [-0.2, 0) is 13.0 Å². The van der Waals surface area contributed by atoms with Gasteiger partial charge in [-0.3, -0.25) is 4.68 Å². The Balaban J connectivity index is 1.73. The molecule has 0 aliphatic carbocycles. The molecule has 0 fully saturated rings. The Bertz CT molecular complexity index is 577. The number of rotatable bonds is 4. The Labute approximate surface area is 113 Å². The van der Waals surface area contributed by atoms with Crippen LogP contribution in [0.1, 0.15) is 31.0 Å². The van der Waals surface area contributed by atoms with Crippen LogP contribution in [0.5, 0.6) is 5.75 Å². The van der Waals surface area contributed by atoms with E-state index in [0.29, 0.717) is 0 Å². The van der Waals surface area contributed by atoms with Crippen molar-refractivity contribution in [3.05, 3.63) is 41.7 Å². The van der Waals surface area contributed by atoms with E-state index in [0.717, 1.165) is 31.0 Å². The number of hydrogen-bond acceptors (Lipinski definition) is 3. The second-order valence-electron chi connectivity index (χ2n) is 4.92. The molecule has 4 nitrogen and oxygen atoms in total. The molecule has 2 heterocycles. The molecule has 0 amide bonds. The van der Waals surface area contributed by atoms with E-state index in [2.05, 4.69) is 42.6 Å². The average molecular weight is 257 g/mol. The van der Waals surface area contributed by atoms with Crippen LogP contribution in [0.2, 0.25) is 0 Å². The highest BCUT2D eigenvalue weighted by molar-refractivity contribution is 5.53. The van der Waals surface area contributed by atoms with Crippen LogP contribution in [0.15, 0.2) is 30.6 Å². The van der Waals surface area contributed by atoms with Crippen molar-refractivity contribution in [3.63, 3.8) is 0 Å². The van der Waals surface area contributed by atoms with E-state index in [1.807, 2.05) is 16.9 Å². The summed E-state index contributed by atoms with van der Waals surface area (Å²) in [7, 11) is 0. The third kappa shape index (κ3) is 2.43. The molecule has 0 bridgehead atoms. The lowest BCUT2D eigenvalue weighted by molar-refractivity contribution is 0.357. The maximum Gasteiger partial charge on any atom is 0.122 e. The van der Waals surface area contributed by atoms with E-state index in [1.54, 1.807) is 0 Å². The second kappa shape index (κ2) is 4.96. The monoisotopic (exact) mass is 257 g/mol. The third-order valence-electron chi connectivity index (χ3n) is 3.55. The molecule has 1 unspecified atom stereocenters. The minimum Gasteiger partial charge on any atom is -0.493 e. The van der Waals surface area contributed by atoms with Gasteiger partial charge in [-0.15, -0.1) is 0 Å². The van der Waals surface area contributed by atoms with Crippen LogP contribution in [0.4, 0.5) is 5.69 Å². The first-order chi connectivity index (χ1) is 9.26. The highest BCUT2D eigenvalue weighted by Gasteiger charge is 2.13. The smallest absolute Gasteiger partial charge is 0.122 e. The molecular formula is C15H19N3O. The van der Waals surface area contributed by atoms with Gasteiger partial charge in [0.1, 0.15) is 5.75 Å². The van der Waals surface area contributed by atoms with Gasteiger partial charge >= 0.3 is 0 Å². The van der Waals surface area contributed by atoms with Gasteiger partial charge in [-0.1, -0.05) is 0 Å². The number of ether oxygens (including phenoxy) is 1. The summed E-state index contributed by atoms with van der Waals surface area (Å²) in [6.07, 6.45) is 5.03. The SMILES string of the molecule is CCn1cc(C(C)Nc2ccc3c(c2)CCO3)cn1. The summed E-state index contributed by atoms with van der Waals surface area (Å²) in [5.74, 6) is 1.03. The molecule has 1 atom stereocenters. The summed E-state index contributed by atoms with van der Waals surface area (Å²) in [5, 5.41) is 7.83. The van der Waals surface area contributed by atoms with Crippen LogP contribution >= 0.6 is 0 Å². The van der Waals surface area contributed by atoms with Crippen molar-refractivity contribution in [1.82, 2.24) is 9.78 Å². The Morgan fingerprint density at radius 3 is 3.16 bits per heavy atom. The molecule has 4 heteroatoms. The summed E-state index contributed by atoms with van der Waals surface area (Å²) in [4.78, 5) is 0. The van der Waals surface area contributed by atoms with Crippen molar-refractivity contribution in [2.24, 2.45) is 0 Å². The van der Waals surface area contributed by atoms with E-state index in [-0.39, 0.29) is 6.04 Å². The van der Waals surface area contributed by atoms with Crippen molar-refractivity contribution in [2.45, 2.75) is 32.9 Å². The van der Waals surface area contributed by atoms with Crippen molar-refractivity contribution >= 4 is 5.69 Å². The highest BCUT2D eigenvalue weighted by Crippen LogP contribution is 2.29. The first-order valence-electron chi connectivity index (χ1n) is 6.81. The molecule has 3 rings (SSSR count). The Hall–Kier alpha value is -1.97. The van der Waals surface area contributed by atoms with Crippen LogP contribution in [0.25, 0.3) is 0 Å². The van der Waals surface area contributed by atoms with Gasteiger partial charge in [-0.2, -0.15) is 5.10 Å². The molecular weight excluding hydrogens is 238 g/mol. The van der Waals surface area contributed by atoms with E-state index in [1.165, 1.54) is 11.1 Å². The Morgan fingerprint density at radius 1 is 1.47 bits per heavy atom. The first-order valence-corrected chi connectivity index (χ1v) is 6.81. The zero-order valence-corrected chi connectivity index (χ0v) is 11.4. The summed E-state index contributed by atoms with van der Waals surface area (Å²) in [5.41, 5.74) is 3.64. The molecule has 100 valence electrons. The van der Waals surface area contributed by atoms with E-state index in [9.17, 15) is 0 Å². The van der Waals surface area contributed by atoms with Gasteiger partial charge in [0.2, 0.25) is 0 Å². The van der Waals surface area contributed by atoms with Gasteiger partial charge in [0.25, 0.3) is 0 Å². The lowest BCUT2D eigenvalue weighted by Crippen LogP contribution is -2.06. The van der Waals surface area contributed by atoms with Gasteiger partial charge in [-0.25, -0.2) is 0 Å². The van der Waals surface area contributed by atoms with Crippen LogP contribution in [0.3, 0.4) is 0 Å². The maximum atomic E-state index is 5.52. The number of nitrogens with zero attached hydrogens (tertiary/aromatic N) is 2. The number of hydrogen-bond donors (Lipinski definition) is 1. The largest absolute Gasteiger partial charge is 0.493 e. The summed E-state index contributed by atoms with van der Waals surface area (Å²) in [6, 6.07) is 6.56.